The van der Waals surface area contributed by atoms with Gasteiger partial charge in [-0.2, -0.15) is 8.78 Å². The standard InChI is InChI=1S/C13H18F2N2O3.ClH/c1-8(6-16)7-17-12(18)9-3-4-10(19-2)11(5-9)20-13(14)15;/h3-5,8,13H,6-7,16H2,1-2H3,(H,17,18);1H. The fourth-order valence-corrected chi connectivity index (χ4v) is 1.46. The van der Waals surface area contributed by atoms with Gasteiger partial charge in [0.25, 0.3) is 5.91 Å². The van der Waals surface area contributed by atoms with Crippen LogP contribution in [0.4, 0.5) is 8.78 Å². The van der Waals surface area contributed by atoms with E-state index in [-0.39, 0.29) is 41.3 Å². The minimum Gasteiger partial charge on any atom is -0.493 e. The van der Waals surface area contributed by atoms with E-state index < -0.39 is 6.61 Å². The summed E-state index contributed by atoms with van der Waals surface area (Å²) in [6.07, 6.45) is 0. The summed E-state index contributed by atoms with van der Waals surface area (Å²) in [6, 6.07) is 4.09. The van der Waals surface area contributed by atoms with Crippen molar-refractivity contribution in [2.75, 3.05) is 20.2 Å². The van der Waals surface area contributed by atoms with E-state index in [9.17, 15) is 13.6 Å². The first-order chi connectivity index (χ1) is 9.47. The molecule has 0 saturated heterocycles. The number of amides is 1. The van der Waals surface area contributed by atoms with Gasteiger partial charge in [-0.1, -0.05) is 6.92 Å². The monoisotopic (exact) mass is 324 g/mol. The van der Waals surface area contributed by atoms with Crippen LogP contribution < -0.4 is 20.5 Å². The van der Waals surface area contributed by atoms with Gasteiger partial charge in [-0.25, -0.2) is 0 Å². The number of rotatable bonds is 7. The van der Waals surface area contributed by atoms with Crippen LogP contribution in [0.3, 0.4) is 0 Å². The molecular weight excluding hydrogens is 306 g/mol. The molecule has 120 valence electrons. The van der Waals surface area contributed by atoms with Crippen molar-refractivity contribution in [1.82, 2.24) is 5.32 Å². The van der Waals surface area contributed by atoms with Crippen molar-refractivity contribution in [2.45, 2.75) is 13.5 Å². The van der Waals surface area contributed by atoms with Gasteiger partial charge >= 0.3 is 6.61 Å². The maximum Gasteiger partial charge on any atom is 0.387 e. The Kier molecular flexibility index (Phi) is 8.64. The number of nitrogens with one attached hydrogen (secondary N) is 1. The molecule has 1 atom stereocenters. The molecule has 5 nitrogen and oxygen atoms in total. The molecule has 0 aliphatic heterocycles. The average Bonchev–Trinajstić information content (AvgIpc) is 2.43. The van der Waals surface area contributed by atoms with Gasteiger partial charge in [-0.15, -0.1) is 12.4 Å². The largest absolute Gasteiger partial charge is 0.493 e. The minimum atomic E-state index is -2.99. The Morgan fingerprint density at radius 3 is 2.57 bits per heavy atom. The summed E-state index contributed by atoms with van der Waals surface area (Å²) in [5, 5.41) is 2.66. The molecule has 0 bridgehead atoms. The van der Waals surface area contributed by atoms with Gasteiger partial charge in [-0.05, 0) is 30.7 Å². The fraction of sp³-hybridized carbons (Fsp3) is 0.462. The number of carbonyl (C=O) groups is 1. The molecule has 1 unspecified atom stereocenters. The number of benzene rings is 1. The summed E-state index contributed by atoms with van der Waals surface area (Å²) >= 11 is 0. The van der Waals surface area contributed by atoms with E-state index in [1.807, 2.05) is 6.92 Å². The molecule has 1 aromatic carbocycles. The van der Waals surface area contributed by atoms with Crippen LogP contribution in [0.15, 0.2) is 18.2 Å². The van der Waals surface area contributed by atoms with Crippen molar-refractivity contribution in [3.8, 4) is 11.5 Å². The molecule has 0 saturated carbocycles. The van der Waals surface area contributed by atoms with Crippen LogP contribution in [0, 0.1) is 5.92 Å². The van der Waals surface area contributed by atoms with E-state index in [1.54, 1.807) is 0 Å². The number of methoxy groups -OCH3 is 1. The van der Waals surface area contributed by atoms with E-state index in [1.165, 1.54) is 25.3 Å². The number of hydrogen-bond donors (Lipinski definition) is 2. The second kappa shape index (κ2) is 9.36. The lowest BCUT2D eigenvalue weighted by atomic mass is 10.1. The van der Waals surface area contributed by atoms with Gasteiger partial charge in [0, 0.05) is 12.1 Å². The molecule has 3 N–H and O–H groups in total. The molecule has 8 heteroatoms. The molecule has 0 fully saturated rings. The number of halogens is 3. The molecule has 21 heavy (non-hydrogen) atoms. The number of ether oxygens (including phenoxy) is 2. The zero-order valence-corrected chi connectivity index (χ0v) is 12.6. The quantitative estimate of drug-likeness (QED) is 0.805. The number of alkyl halides is 2. The van der Waals surface area contributed by atoms with Crippen molar-refractivity contribution in [1.29, 1.82) is 0 Å². The van der Waals surface area contributed by atoms with Crippen molar-refractivity contribution in [3.05, 3.63) is 23.8 Å². The van der Waals surface area contributed by atoms with Crippen molar-refractivity contribution in [2.24, 2.45) is 11.7 Å². The number of carbonyl (C=O) groups excluding carboxylic acids is 1. The molecule has 0 aliphatic rings. The first-order valence-corrected chi connectivity index (χ1v) is 6.09. The van der Waals surface area contributed by atoms with Crippen LogP contribution in [-0.2, 0) is 0 Å². The van der Waals surface area contributed by atoms with E-state index in [4.69, 9.17) is 10.5 Å². The molecule has 0 spiro atoms. The lowest BCUT2D eigenvalue weighted by Crippen LogP contribution is -2.31. The lowest BCUT2D eigenvalue weighted by Gasteiger charge is -2.13. The fourth-order valence-electron chi connectivity index (χ4n) is 1.46. The molecule has 1 rings (SSSR count). The third-order valence-corrected chi connectivity index (χ3v) is 2.66. The predicted octanol–water partition coefficient (Wildman–Crippen LogP) is 2.04. The Balaban J connectivity index is 0.00000400. The smallest absolute Gasteiger partial charge is 0.387 e. The predicted molar refractivity (Wildman–Crippen MR) is 77.4 cm³/mol. The second-order valence-electron chi connectivity index (χ2n) is 4.30. The lowest BCUT2D eigenvalue weighted by molar-refractivity contribution is -0.0512. The normalized spacial score (nSPS) is 11.5. The molecule has 0 aromatic heterocycles. The number of nitrogens with two attached hydrogens (primary N) is 1. The average molecular weight is 325 g/mol. The summed E-state index contributed by atoms with van der Waals surface area (Å²) in [5.41, 5.74) is 5.66. The van der Waals surface area contributed by atoms with Crippen molar-refractivity contribution in [3.63, 3.8) is 0 Å². The van der Waals surface area contributed by atoms with Gasteiger partial charge in [0.15, 0.2) is 11.5 Å². The Hall–Kier alpha value is -1.60. The van der Waals surface area contributed by atoms with E-state index in [0.717, 1.165) is 0 Å². The van der Waals surface area contributed by atoms with Crippen LogP contribution in [-0.4, -0.2) is 32.7 Å². The van der Waals surface area contributed by atoms with Crippen molar-refractivity contribution < 1.29 is 23.0 Å². The van der Waals surface area contributed by atoms with Crippen molar-refractivity contribution >= 4 is 18.3 Å². The van der Waals surface area contributed by atoms with Gasteiger partial charge in [-0.3, -0.25) is 4.79 Å². The molecule has 1 aromatic rings. The summed E-state index contributed by atoms with van der Waals surface area (Å²) < 4.78 is 33.8. The highest BCUT2D eigenvalue weighted by Gasteiger charge is 2.14. The second-order valence-corrected chi connectivity index (χ2v) is 4.30. The Morgan fingerprint density at radius 2 is 2.05 bits per heavy atom. The molecule has 0 heterocycles. The maximum absolute atomic E-state index is 12.3. The highest BCUT2D eigenvalue weighted by Crippen LogP contribution is 2.29. The van der Waals surface area contributed by atoms with Crippen LogP contribution in [0.1, 0.15) is 17.3 Å². The Labute approximate surface area is 128 Å². The van der Waals surface area contributed by atoms with E-state index in [0.29, 0.717) is 13.1 Å². The van der Waals surface area contributed by atoms with Gasteiger partial charge in [0.2, 0.25) is 0 Å². The molecule has 1 amide bonds. The third kappa shape index (κ3) is 6.14. The third-order valence-electron chi connectivity index (χ3n) is 2.66. The van der Waals surface area contributed by atoms with Gasteiger partial charge < -0.3 is 20.5 Å². The van der Waals surface area contributed by atoms with Crippen LogP contribution >= 0.6 is 12.4 Å². The highest BCUT2D eigenvalue weighted by atomic mass is 35.5. The first kappa shape index (κ1) is 19.4. The van der Waals surface area contributed by atoms with Gasteiger partial charge in [0.1, 0.15) is 0 Å². The Bertz CT molecular complexity index is 461. The molecule has 0 aliphatic carbocycles. The topological polar surface area (TPSA) is 73.6 Å². The first-order valence-electron chi connectivity index (χ1n) is 6.09. The number of hydrogen-bond acceptors (Lipinski definition) is 4. The SMILES string of the molecule is COc1ccc(C(=O)NCC(C)CN)cc1OC(F)F.Cl. The molecule has 0 radical (unpaired) electrons. The van der Waals surface area contributed by atoms with Crippen LogP contribution in [0.25, 0.3) is 0 Å². The van der Waals surface area contributed by atoms with E-state index in [2.05, 4.69) is 10.1 Å². The van der Waals surface area contributed by atoms with E-state index >= 15 is 0 Å². The zero-order valence-electron chi connectivity index (χ0n) is 11.8. The Morgan fingerprint density at radius 1 is 1.38 bits per heavy atom. The zero-order chi connectivity index (χ0) is 15.1. The van der Waals surface area contributed by atoms with Gasteiger partial charge in [0.05, 0.1) is 7.11 Å². The maximum atomic E-state index is 12.3. The molecular formula is C13H19ClF2N2O3. The summed E-state index contributed by atoms with van der Waals surface area (Å²) in [6.45, 7) is -0.242. The van der Waals surface area contributed by atoms with Crippen LogP contribution in [0.5, 0.6) is 11.5 Å². The summed E-state index contributed by atoms with van der Waals surface area (Å²) in [5.74, 6) is -0.291. The summed E-state index contributed by atoms with van der Waals surface area (Å²) in [7, 11) is 1.33. The highest BCUT2D eigenvalue weighted by molar-refractivity contribution is 5.94. The summed E-state index contributed by atoms with van der Waals surface area (Å²) in [4.78, 5) is 11.9. The minimum absolute atomic E-state index is 0. The van der Waals surface area contributed by atoms with Crippen LogP contribution in [0.2, 0.25) is 0 Å².